The van der Waals surface area contributed by atoms with Crippen LogP contribution in [0, 0.1) is 0 Å². The lowest BCUT2D eigenvalue weighted by molar-refractivity contribution is 0.0976. The summed E-state index contributed by atoms with van der Waals surface area (Å²) in [5, 5.41) is 5.78. The second-order valence-corrected chi connectivity index (χ2v) is 3.68. The van der Waals surface area contributed by atoms with E-state index in [0.717, 1.165) is 0 Å². The molecule has 0 saturated carbocycles. The molecule has 4 nitrogen and oxygen atoms in total. The summed E-state index contributed by atoms with van der Waals surface area (Å²) in [5.41, 5.74) is 0.524. The summed E-state index contributed by atoms with van der Waals surface area (Å²) in [6.07, 6.45) is 0. The Morgan fingerprint density at radius 3 is 2.82 bits per heavy atom. The number of nitrogens with one attached hydrogen (secondary N) is 2. The van der Waals surface area contributed by atoms with Crippen LogP contribution in [0.5, 0.6) is 5.75 Å². The van der Waals surface area contributed by atoms with E-state index in [2.05, 4.69) is 10.6 Å². The van der Waals surface area contributed by atoms with Crippen LogP contribution in [0.1, 0.15) is 24.2 Å². The van der Waals surface area contributed by atoms with E-state index in [0.29, 0.717) is 29.6 Å². The first-order valence-corrected chi connectivity index (χ1v) is 5.90. The van der Waals surface area contributed by atoms with E-state index in [4.69, 9.17) is 17.0 Å². The molecule has 1 rings (SSSR count). The highest BCUT2D eigenvalue weighted by Gasteiger charge is 2.07. The summed E-state index contributed by atoms with van der Waals surface area (Å²) in [5.74, 6) is 0.437. The van der Waals surface area contributed by atoms with E-state index >= 15 is 0 Å². The van der Waals surface area contributed by atoms with Gasteiger partial charge in [0, 0.05) is 12.1 Å². The quantitative estimate of drug-likeness (QED) is 0.801. The molecule has 0 spiro atoms. The largest absolute Gasteiger partial charge is 0.494 e. The van der Waals surface area contributed by atoms with Gasteiger partial charge < -0.3 is 10.1 Å². The summed E-state index contributed by atoms with van der Waals surface area (Å²) in [6, 6.07) is 6.99. The van der Waals surface area contributed by atoms with Crippen LogP contribution in [0.3, 0.4) is 0 Å². The number of carbonyl (C=O) groups is 1. The zero-order chi connectivity index (χ0) is 12.7. The van der Waals surface area contributed by atoms with Gasteiger partial charge in [0.1, 0.15) is 5.75 Å². The number of ether oxygens (including phenoxy) is 1. The zero-order valence-electron chi connectivity index (χ0n) is 9.95. The molecule has 0 fully saturated rings. The normalized spacial score (nSPS) is 9.53. The molecule has 0 heterocycles. The van der Waals surface area contributed by atoms with Gasteiger partial charge in [0.2, 0.25) is 0 Å². The third kappa shape index (κ3) is 4.40. The molecule has 1 aromatic rings. The van der Waals surface area contributed by atoms with Gasteiger partial charge in [0.05, 0.1) is 6.61 Å². The first kappa shape index (κ1) is 13.4. The minimum atomic E-state index is -0.238. The van der Waals surface area contributed by atoms with Crippen molar-refractivity contribution in [3.05, 3.63) is 29.8 Å². The third-order valence-corrected chi connectivity index (χ3v) is 2.22. The monoisotopic (exact) mass is 252 g/mol. The Kier molecular flexibility index (Phi) is 5.42. The van der Waals surface area contributed by atoms with Gasteiger partial charge in [0.25, 0.3) is 5.91 Å². The molecule has 0 aliphatic heterocycles. The highest BCUT2D eigenvalue weighted by atomic mass is 32.1. The SMILES string of the molecule is CCNC(=S)NC(=O)c1cccc(OCC)c1. The van der Waals surface area contributed by atoms with Crippen molar-refractivity contribution in [1.29, 1.82) is 0 Å². The van der Waals surface area contributed by atoms with Gasteiger partial charge in [-0.05, 0) is 44.3 Å². The van der Waals surface area contributed by atoms with Gasteiger partial charge >= 0.3 is 0 Å². The van der Waals surface area contributed by atoms with Crippen LogP contribution in [0.15, 0.2) is 24.3 Å². The van der Waals surface area contributed by atoms with Crippen LogP contribution < -0.4 is 15.4 Å². The molecular weight excluding hydrogens is 236 g/mol. The number of rotatable bonds is 4. The van der Waals surface area contributed by atoms with Crippen LogP contribution >= 0.6 is 12.2 Å². The maximum absolute atomic E-state index is 11.8. The van der Waals surface area contributed by atoms with Crippen LogP contribution in [0.2, 0.25) is 0 Å². The van der Waals surface area contributed by atoms with Gasteiger partial charge in [-0.25, -0.2) is 0 Å². The molecule has 1 amide bonds. The van der Waals surface area contributed by atoms with Crippen molar-refractivity contribution in [3.63, 3.8) is 0 Å². The maximum Gasteiger partial charge on any atom is 0.257 e. The van der Waals surface area contributed by atoms with Crippen molar-refractivity contribution in [1.82, 2.24) is 10.6 Å². The lowest BCUT2D eigenvalue weighted by Gasteiger charge is -2.08. The van der Waals surface area contributed by atoms with Crippen LogP contribution in [0.4, 0.5) is 0 Å². The second-order valence-electron chi connectivity index (χ2n) is 3.27. The summed E-state index contributed by atoms with van der Waals surface area (Å²) < 4.78 is 5.32. The first-order valence-electron chi connectivity index (χ1n) is 5.49. The molecule has 92 valence electrons. The van der Waals surface area contributed by atoms with Gasteiger partial charge in [-0.3, -0.25) is 10.1 Å². The van der Waals surface area contributed by atoms with Gasteiger partial charge in [-0.1, -0.05) is 6.07 Å². The Morgan fingerprint density at radius 2 is 2.18 bits per heavy atom. The Morgan fingerprint density at radius 1 is 1.41 bits per heavy atom. The fourth-order valence-electron chi connectivity index (χ4n) is 1.27. The molecule has 5 heteroatoms. The lowest BCUT2D eigenvalue weighted by atomic mass is 10.2. The van der Waals surface area contributed by atoms with Crippen molar-refractivity contribution in [2.45, 2.75) is 13.8 Å². The minimum absolute atomic E-state index is 0.238. The average Bonchev–Trinajstić information content (AvgIpc) is 2.30. The molecule has 2 N–H and O–H groups in total. The number of hydrogen-bond acceptors (Lipinski definition) is 3. The average molecular weight is 252 g/mol. The minimum Gasteiger partial charge on any atom is -0.494 e. The summed E-state index contributed by atoms with van der Waals surface area (Å²) >= 11 is 4.94. The van der Waals surface area contributed by atoms with E-state index in [1.54, 1.807) is 18.2 Å². The number of hydrogen-bond donors (Lipinski definition) is 2. The predicted octanol–water partition coefficient (Wildman–Crippen LogP) is 1.71. The first-order chi connectivity index (χ1) is 8.17. The molecule has 0 bridgehead atoms. The highest BCUT2D eigenvalue weighted by Crippen LogP contribution is 2.12. The van der Waals surface area contributed by atoms with E-state index in [1.165, 1.54) is 0 Å². The highest BCUT2D eigenvalue weighted by molar-refractivity contribution is 7.80. The van der Waals surface area contributed by atoms with Crippen molar-refractivity contribution in [3.8, 4) is 5.75 Å². The molecule has 0 aliphatic carbocycles. The molecular formula is C12H16N2O2S. The molecule has 0 aliphatic rings. The Balaban J connectivity index is 2.68. The van der Waals surface area contributed by atoms with Gasteiger partial charge in [0.15, 0.2) is 5.11 Å². The molecule has 1 aromatic carbocycles. The topological polar surface area (TPSA) is 50.4 Å². The van der Waals surface area contributed by atoms with Gasteiger partial charge in [-0.2, -0.15) is 0 Å². The molecule has 0 radical (unpaired) electrons. The van der Waals surface area contributed by atoms with Crippen molar-refractivity contribution < 1.29 is 9.53 Å². The summed E-state index contributed by atoms with van der Waals surface area (Å²) in [6.45, 7) is 5.06. The van der Waals surface area contributed by atoms with Crippen LogP contribution in [-0.4, -0.2) is 24.2 Å². The molecule has 0 aromatic heterocycles. The lowest BCUT2D eigenvalue weighted by Crippen LogP contribution is -2.39. The Hall–Kier alpha value is -1.62. The molecule has 17 heavy (non-hydrogen) atoms. The molecule has 0 saturated heterocycles. The number of benzene rings is 1. The number of thiocarbonyl (C=S) groups is 1. The molecule has 0 unspecified atom stereocenters. The number of carbonyl (C=O) groups excluding carboxylic acids is 1. The van der Waals surface area contributed by atoms with E-state index in [9.17, 15) is 4.79 Å². The summed E-state index contributed by atoms with van der Waals surface area (Å²) in [7, 11) is 0. The van der Waals surface area contributed by atoms with E-state index in [1.807, 2.05) is 19.9 Å². The smallest absolute Gasteiger partial charge is 0.257 e. The standard InChI is InChI=1S/C12H16N2O2S/c1-3-13-12(17)14-11(15)9-6-5-7-10(8-9)16-4-2/h5-8H,3-4H2,1-2H3,(H2,13,14,15,17). The van der Waals surface area contributed by atoms with Crippen LogP contribution in [-0.2, 0) is 0 Å². The number of amides is 1. The van der Waals surface area contributed by atoms with E-state index in [-0.39, 0.29) is 5.91 Å². The van der Waals surface area contributed by atoms with E-state index < -0.39 is 0 Å². The van der Waals surface area contributed by atoms with Crippen molar-refractivity contribution >= 4 is 23.2 Å². The summed E-state index contributed by atoms with van der Waals surface area (Å²) in [4.78, 5) is 11.8. The predicted molar refractivity (Wildman–Crippen MR) is 71.4 cm³/mol. The van der Waals surface area contributed by atoms with Crippen molar-refractivity contribution in [2.24, 2.45) is 0 Å². The Labute approximate surface area is 106 Å². The third-order valence-electron chi connectivity index (χ3n) is 1.97. The maximum atomic E-state index is 11.8. The van der Waals surface area contributed by atoms with Crippen molar-refractivity contribution in [2.75, 3.05) is 13.2 Å². The zero-order valence-corrected chi connectivity index (χ0v) is 10.8. The Bertz CT molecular complexity index is 407. The fourth-order valence-corrected chi connectivity index (χ4v) is 1.51. The van der Waals surface area contributed by atoms with Gasteiger partial charge in [-0.15, -0.1) is 0 Å². The molecule has 0 atom stereocenters. The second kappa shape index (κ2) is 6.85. The van der Waals surface area contributed by atoms with Crippen LogP contribution in [0.25, 0.3) is 0 Å². The fraction of sp³-hybridized carbons (Fsp3) is 0.333.